The molecule has 3 nitrogen and oxygen atoms in total. The van der Waals surface area contributed by atoms with Crippen LogP contribution in [-0.4, -0.2) is 12.9 Å². The van der Waals surface area contributed by atoms with Gasteiger partial charge in [0, 0.05) is 17.3 Å². The molecule has 0 atom stereocenters. The minimum Gasteiger partial charge on any atom is -0.496 e. The summed E-state index contributed by atoms with van der Waals surface area (Å²) in [6.45, 7) is 1.51. The minimum atomic E-state index is -0.00463. The van der Waals surface area contributed by atoms with Crippen molar-refractivity contribution in [3.05, 3.63) is 21.3 Å². The van der Waals surface area contributed by atoms with Crippen LogP contribution in [0.1, 0.15) is 17.3 Å². The first-order chi connectivity index (χ1) is 6.06. The second kappa shape index (κ2) is 3.95. The molecule has 0 aromatic heterocycles. The van der Waals surface area contributed by atoms with Crippen molar-refractivity contribution in [3.63, 3.8) is 0 Å². The molecule has 0 saturated carbocycles. The molecule has 13 heavy (non-hydrogen) atoms. The third-order valence-electron chi connectivity index (χ3n) is 1.66. The molecule has 4 heteroatoms. The highest BCUT2D eigenvalue weighted by Gasteiger charge is 2.10. The van der Waals surface area contributed by atoms with E-state index in [2.05, 4.69) is 22.6 Å². The van der Waals surface area contributed by atoms with Gasteiger partial charge in [0.25, 0.3) is 0 Å². The first-order valence-electron chi connectivity index (χ1n) is 3.70. The van der Waals surface area contributed by atoms with E-state index < -0.39 is 0 Å². The summed E-state index contributed by atoms with van der Waals surface area (Å²) in [7, 11) is 1.56. The minimum absolute atomic E-state index is 0.00463. The Labute approximate surface area is 90.4 Å². The Hall–Kier alpha value is -0.780. The van der Waals surface area contributed by atoms with Crippen LogP contribution < -0.4 is 10.5 Å². The molecule has 0 aliphatic rings. The highest BCUT2D eigenvalue weighted by atomic mass is 127. The fourth-order valence-corrected chi connectivity index (χ4v) is 1.94. The van der Waals surface area contributed by atoms with Gasteiger partial charge in [0.15, 0.2) is 5.78 Å². The van der Waals surface area contributed by atoms with Gasteiger partial charge in [-0.05, 0) is 35.6 Å². The second-order valence-corrected chi connectivity index (χ2v) is 3.72. The maximum absolute atomic E-state index is 11.2. The molecule has 1 aromatic rings. The van der Waals surface area contributed by atoms with Crippen molar-refractivity contribution in [3.8, 4) is 5.75 Å². The molecule has 0 bridgehead atoms. The standard InChI is InChI=1S/C9H10INO2/c1-5(12)7-3-6(11)4-8(13-2)9(7)10/h3-4H,11H2,1-2H3. The van der Waals surface area contributed by atoms with E-state index in [4.69, 9.17) is 10.5 Å². The maximum Gasteiger partial charge on any atom is 0.161 e. The van der Waals surface area contributed by atoms with Gasteiger partial charge in [-0.1, -0.05) is 0 Å². The van der Waals surface area contributed by atoms with Crippen LogP contribution >= 0.6 is 22.6 Å². The van der Waals surface area contributed by atoms with Gasteiger partial charge in [-0.2, -0.15) is 0 Å². The summed E-state index contributed by atoms with van der Waals surface area (Å²) < 4.78 is 5.88. The van der Waals surface area contributed by atoms with E-state index in [-0.39, 0.29) is 5.78 Å². The highest BCUT2D eigenvalue weighted by Crippen LogP contribution is 2.27. The van der Waals surface area contributed by atoms with Crippen LogP contribution in [0.4, 0.5) is 5.69 Å². The molecule has 0 unspecified atom stereocenters. The zero-order valence-electron chi connectivity index (χ0n) is 7.43. The quantitative estimate of drug-likeness (QED) is 0.515. The first-order valence-corrected chi connectivity index (χ1v) is 4.78. The number of ether oxygens (including phenoxy) is 1. The number of carbonyl (C=O) groups excluding carboxylic acids is 1. The Balaban J connectivity index is 3.35. The number of benzene rings is 1. The number of anilines is 1. The Kier molecular flexibility index (Phi) is 3.13. The molecule has 0 fully saturated rings. The number of rotatable bonds is 2. The van der Waals surface area contributed by atoms with Crippen LogP contribution in [0.25, 0.3) is 0 Å². The molecule has 0 aliphatic heterocycles. The number of hydrogen-bond donors (Lipinski definition) is 1. The molecule has 0 amide bonds. The van der Waals surface area contributed by atoms with Crippen LogP contribution in [0.3, 0.4) is 0 Å². The van der Waals surface area contributed by atoms with Crippen molar-refractivity contribution in [2.24, 2.45) is 0 Å². The zero-order valence-corrected chi connectivity index (χ0v) is 9.58. The van der Waals surface area contributed by atoms with Crippen molar-refractivity contribution in [2.45, 2.75) is 6.92 Å². The largest absolute Gasteiger partial charge is 0.496 e. The normalized spacial score (nSPS) is 9.77. The predicted molar refractivity (Wildman–Crippen MR) is 60.1 cm³/mol. The molecular formula is C9H10INO2. The lowest BCUT2D eigenvalue weighted by molar-refractivity contribution is 0.101. The summed E-state index contributed by atoms with van der Waals surface area (Å²) in [5.74, 6) is 0.640. The summed E-state index contributed by atoms with van der Waals surface area (Å²) in [6, 6.07) is 3.36. The van der Waals surface area contributed by atoms with Gasteiger partial charge in [0.2, 0.25) is 0 Å². The number of Topliss-reactive ketones (excluding diaryl/α,β-unsaturated/α-hetero) is 1. The fourth-order valence-electron chi connectivity index (χ4n) is 1.02. The topological polar surface area (TPSA) is 52.3 Å². The van der Waals surface area contributed by atoms with Gasteiger partial charge < -0.3 is 10.5 Å². The van der Waals surface area contributed by atoms with Gasteiger partial charge in [0.05, 0.1) is 10.7 Å². The number of nitrogens with two attached hydrogens (primary N) is 1. The zero-order chi connectivity index (χ0) is 10.0. The number of carbonyl (C=O) groups is 1. The molecular weight excluding hydrogens is 281 g/mol. The van der Waals surface area contributed by atoms with Crippen LogP contribution in [0.5, 0.6) is 5.75 Å². The molecule has 1 rings (SSSR count). The maximum atomic E-state index is 11.2. The predicted octanol–water partition coefficient (Wildman–Crippen LogP) is 2.08. The molecule has 0 heterocycles. The van der Waals surface area contributed by atoms with Crippen molar-refractivity contribution >= 4 is 34.1 Å². The average molecular weight is 291 g/mol. The van der Waals surface area contributed by atoms with Gasteiger partial charge in [-0.25, -0.2) is 0 Å². The summed E-state index contributed by atoms with van der Waals surface area (Å²) >= 11 is 2.07. The molecule has 1 aromatic carbocycles. The second-order valence-electron chi connectivity index (χ2n) is 2.64. The van der Waals surface area contributed by atoms with E-state index in [1.807, 2.05) is 0 Å². The van der Waals surface area contributed by atoms with Crippen molar-refractivity contribution in [1.29, 1.82) is 0 Å². The van der Waals surface area contributed by atoms with E-state index in [1.165, 1.54) is 6.92 Å². The molecule has 0 aliphatic carbocycles. The average Bonchev–Trinajstić information content (AvgIpc) is 2.08. The third kappa shape index (κ3) is 2.12. The van der Waals surface area contributed by atoms with E-state index in [1.54, 1.807) is 19.2 Å². The van der Waals surface area contributed by atoms with Crippen LogP contribution in [0.2, 0.25) is 0 Å². The highest BCUT2D eigenvalue weighted by molar-refractivity contribution is 14.1. The fraction of sp³-hybridized carbons (Fsp3) is 0.222. The van der Waals surface area contributed by atoms with Gasteiger partial charge in [-0.3, -0.25) is 4.79 Å². The molecule has 70 valence electrons. The van der Waals surface area contributed by atoms with E-state index in [0.29, 0.717) is 17.0 Å². The molecule has 0 radical (unpaired) electrons. The molecule has 2 N–H and O–H groups in total. The van der Waals surface area contributed by atoms with Crippen molar-refractivity contribution in [2.75, 3.05) is 12.8 Å². The first kappa shape index (κ1) is 10.3. The smallest absolute Gasteiger partial charge is 0.161 e. The van der Waals surface area contributed by atoms with Gasteiger partial charge >= 0.3 is 0 Å². The van der Waals surface area contributed by atoms with E-state index >= 15 is 0 Å². The summed E-state index contributed by atoms with van der Waals surface area (Å²) in [5, 5.41) is 0. The number of hydrogen-bond acceptors (Lipinski definition) is 3. The van der Waals surface area contributed by atoms with Crippen LogP contribution in [0.15, 0.2) is 12.1 Å². The Morgan fingerprint density at radius 2 is 2.15 bits per heavy atom. The lowest BCUT2D eigenvalue weighted by Gasteiger charge is -2.07. The van der Waals surface area contributed by atoms with E-state index in [0.717, 1.165) is 3.57 Å². The SMILES string of the molecule is COc1cc(N)cc(C(C)=O)c1I. The third-order valence-corrected chi connectivity index (χ3v) is 2.77. The van der Waals surface area contributed by atoms with E-state index in [9.17, 15) is 4.79 Å². The summed E-state index contributed by atoms with van der Waals surface area (Å²) in [4.78, 5) is 11.2. The number of nitrogen functional groups attached to an aromatic ring is 1. The lowest BCUT2D eigenvalue weighted by atomic mass is 10.1. The molecule has 0 saturated heterocycles. The number of ketones is 1. The number of halogens is 1. The molecule has 0 spiro atoms. The number of methoxy groups -OCH3 is 1. The Bertz CT molecular complexity index is 350. The van der Waals surface area contributed by atoms with Crippen molar-refractivity contribution < 1.29 is 9.53 Å². The van der Waals surface area contributed by atoms with Crippen LogP contribution in [-0.2, 0) is 0 Å². The monoisotopic (exact) mass is 291 g/mol. The van der Waals surface area contributed by atoms with Crippen molar-refractivity contribution in [1.82, 2.24) is 0 Å². The summed E-state index contributed by atoms with van der Waals surface area (Å²) in [6.07, 6.45) is 0. The van der Waals surface area contributed by atoms with Crippen LogP contribution in [0, 0.1) is 3.57 Å². The van der Waals surface area contributed by atoms with Gasteiger partial charge in [0.1, 0.15) is 5.75 Å². The lowest BCUT2D eigenvalue weighted by Crippen LogP contribution is -2.01. The summed E-state index contributed by atoms with van der Waals surface area (Å²) in [5.41, 5.74) is 6.76. The van der Waals surface area contributed by atoms with Gasteiger partial charge in [-0.15, -0.1) is 0 Å². The Morgan fingerprint density at radius 3 is 2.62 bits per heavy atom. The Morgan fingerprint density at radius 1 is 1.54 bits per heavy atom.